The van der Waals surface area contributed by atoms with Crippen LogP contribution >= 0.6 is 15.9 Å². The molecule has 0 fully saturated rings. The van der Waals surface area contributed by atoms with Gasteiger partial charge in [0, 0.05) is 23.7 Å². The van der Waals surface area contributed by atoms with Crippen molar-refractivity contribution in [3.8, 4) is 0 Å². The standard InChI is InChI=1S/C19H26BrNO2/c1-11(2)8-17(22)21-13(5)9-15-10-14(6-7-16(15)21)19(23)18(20)12(3)4/h6-7,10-13,18H,8-9H2,1-5H3. The number of rotatable bonds is 5. The lowest BCUT2D eigenvalue weighted by molar-refractivity contribution is -0.119. The van der Waals surface area contributed by atoms with Crippen molar-refractivity contribution in [2.24, 2.45) is 11.8 Å². The van der Waals surface area contributed by atoms with E-state index in [9.17, 15) is 9.59 Å². The Labute approximate surface area is 147 Å². The zero-order chi connectivity index (χ0) is 17.3. The molecule has 0 spiro atoms. The Balaban J connectivity index is 2.28. The third-order valence-electron chi connectivity index (χ3n) is 4.27. The van der Waals surface area contributed by atoms with Crippen molar-refractivity contribution in [3.05, 3.63) is 29.3 Å². The van der Waals surface area contributed by atoms with Crippen LogP contribution in [0.25, 0.3) is 0 Å². The lowest BCUT2D eigenvalue weighted by Gasteiger charge is -2.23. The number of carbonyl (C=O) groups is 2. The summed E-state index contributed by atoms with van der Waals surface area (Å²) in [6.07, 6.45) is 1.37. The Morgan fingerprint density at radius 2 is 1.91 bits per heavy atom. The second-order valence-electron chi connectivity index (χ2n) is 7.27. The molecule has 0 N–H and O–H groups in total. The van der Waals surface area contributed by atoms with Gasteiger partial charge >= 0.3 is 0 Å². The van der Waals surface area contributed by atoms with E-state index >= 15 is 0 Å². The highest BCUT2D eigenvalue weighted by molar-refractivity contribution is 9.10. The van der Waals surface area contributed by atoms with Gasteiger partial charge < -0.3 is 4.90 Å². The first-order chi connectivity index (χ1) is 10.7. The highest BCUT2D eigenvalue weighted by Gasteiger charge is 2.32. The molecule has 4 heteroatoms. The Kier molecular flexibility index (Phi) is 5.66. The molecule has 1 aliphatic rings. The van der Waals surface area contributed by atoms with Gasteiger partial charge in [-0.15, -0.1) is 0 Å². The Morgan fingerprint density at radius 3 is 2.48 bits per heavy atom. The van der Waals surface area contributed by atoms with Crippen molar-refractivity contribution in [1.82, 2.24) is 0 Å². The lowest BCUT2D eigenvalue weighted by atomic mass is 9.98. The maximum atomic E-state index is 12.5. The molecule has 0 bridgehead atoms. The summed E-state index contributed by atoms with van der Waals surface area (Å²) in [5, 5.41) is 0. The topological polar surface area (TPSA) is 37.4 Å². The zero-order valence-corrected chi connectivity index (χ0v) is 16.2. The van der Waals surface area contributed by atoms with Crippen molar-refractivity contribution in [2.45, 2.75) is 58.3 Å². The molecule has 0 saturated heterocycles. The minimum Gasteiger partial charge on any atom is -0.309 e. The molecule has 1 aromatic carbocycles. The predicted octanol–water partition coefficient (Wildman–Crippen LogP) is 4.61. The van der Waals surface area contributed by atoms with Crippen LogP contribution in [0.1, 0.15) is 57.0 Å². The van der Waals surface area contributed by atoms with Crippen molar-refractivity contribution < 1.29 is 9.59 Å². The Hall–Kier alpha value is -1.16. The predicted molar refractivity (Wildman–Crippen MR) is 98.4 cm³/mol. The molecule has 2 unspecified atom stereocenters. The number of carbonyl (C=O) groups excluding carboxylic acids is 2. The summed E-state index contributed by atoms with van der Waals surface area (Å²) in [7, 11) is 0. The number of benzene rings is 1. The van der Waals surface area contributed by atoms with Crippen LogP contribution in [0.5, 0.6) is 0 Å². The average Bonchev–Trinajstić information content (AvgIpc) is 2.79. The van der Waals surface area contributed by atoms with Crippen LogP contribution < -0.4 is 4.90 Å². The number of hydrogen-bond donors (Lipinski definition) is 0. The van der Waals surface area contributed by atoms with E-state index in [1.165, 1.54) is 0 Å². The van der Waals surface area contributed by atoms with E-state index < -0.39 is 0 Å². The zero-order valence-electron chi connectivity index (χ0n) is 14.6. The van der Waals surface area contributed by atoms with Gasteiger partial charge in [0.05, 0.1) is 4.83 Å². The molecule has 3 nitrogen and oxygen atoms in total. The first-order valence-electron chi connectivity index (χ1n) is 8.35. The van der Waals surface area contributed by atoms with E-state index in [1.807, 2.05) is 36.9 Å². The molecular weight excluding hydrogens is 354 g/mol. The summed E-state index contributed by atoms with van der Waals surface area (Å²) < 4.78 is 0. The first kappa shape index (κ1) is 18.2. The summed E-state index contributed by atoms with van der Waals surface area (Å²) in [5.41, 5.74) is 2.80. The molecule has 1 heterocycles. The van der Waals surface area contributed by atoms with Gasteiger partial charge in [0.15, 0.2) is 5.78 Å². The van der Waals surface area contributed by atoms with Crippen LogP contribution in [0, 0.1) is 11.8 Å². The van der Waals surface area contributed by atoms with Gasteiger partial charge in [-0.3, -0.25) is 9.59 Å². The van der Waals surface area contributed by atoms with Crippen molar-refractivity contribution in [2.75, 3.05) is 4.90 Å². The molecule has 2 atom stereocenters. The van der Waals surface area contributed by atoms with Crippen LogP contribution in [0.15, 0.2) is 18.2 Å². The normalized spacial score (nSPS) is 18.4. The number of anilines is 1. The number of hydrogen-bond acceptors (Lipinski definition) is 2. The molecule has 0 saturated carbocycles. The minimum atomic E-state index is -0.168. The van der Waals surface area contributed by atoms with Gasteiger partial charge in [-0.2, -0.15) is 0 Å². The van der Waals surface area contributed by atoms with Gasteiger partial charge in [0.1, 0.15) is 0 Å². The summed E-state index contributed by atoms with van der Waals surface area (Å²) in [5.74, 6) is 0.881. The highest BCUT2D eigenvalue weighted by atomic mass is 79.9. The van der Waals surface area contributed by atoms with E-state index in [0.29, 0.717) is 12.3 Å². The first-order valence-corrected chi connectivity index (χ1v) is 9.27. The summed E-state index contributed by atoms with van der Waals surface area (Å²) in [6, 6.07) is 5.91. The largest absolute Gasteiger partial charge is 0.309 e. The number of nitrogens with zero attached hydrogens (tertiary/aromatic N) is 1. The smallest absolute Gasteiger partial charge is 0.227 e. The number of halogens is 1. The summed E-state index contributed by atoms with van der Waals surface area (Å²) in [4.78, 5) is 26.7. The molecule has 23 heavy (non-hydrogen) atoms. The Morgan fingerprint density at radius 1 is 1.26 bits per heavy atom. The van der Waals surface area contributed by atoms with Crippen LogP contribution in [0.4, 0.5) is 5.69 Å². The number of Topliss-reactive ketones (excluding diaryl/α,β-unsaturated/α-hetero) is 1. The van der Waals surface area contributed by atoms with Gasteiger partial charge in [-0.25, -0.2) is 0 Å². The molecule has 0 aromatic heterocycles. The monoisotopic (exact) mass is 379 g/mol. The second-order valence-corrected chi connectivity index (χ2v) is 8.25. The van der Waals surface area contributed by atoms with E-state index in [4.69, 9.17) is 0 Å². The van der Waals surface area contributed by atoms with Crippen molar-refractivity contribution >= 4 is 33.3 Å². The van der Waals surface area contributed by atoms with Crippen LogP contribution in [0.2, 0.25) is 0 Å². The average molecular weight is 380 g/mol. The third kappa shape index (κ3) is 3.85. The van der Waals surface area contributed by atoms with Crippen molar-refractivity contribution in [3.63, 3.8) is 0 Å². The summed E-state index contributed by atoms with van der Waals surface area (Å²) in [6.45, 7) is 10.2. The van der Waals surface area contributed by atoms with Gasteiger partial charge in [0.25, 0.3) is 0 Å². The number of fused-ring (bicyclic) bond motifs is 1. The number of ketones is 1. The molecule has 0 radical (unpaired) electrons. The summed E-state index contributed by atoms with van der Waals surface area (Å²) >= 11 is 3.48. The van der Waals surface area contributed by atoms with Crippen LogP contribution in [-0.4, -0.2) is 22.6 Å². The molecule has 0 aliphatic carbocycles. The SMILES string of the molecule is CC(C)CC(=O)N1c2ccc(C(=O)C(Br)C(C)C)cc2CC1C. The second kappa shape index (κ2) is 7.16. The minimum absolute atomic E-state index is 0.113. The van der Waals surface area contributed by atoms with E-state index in [1.54, 1.807) is 0 Å². The third-order valence-corrected chi connectivity index (χ3v) is 5.74. The number of alkyl halides is 1. The van der Waals surface area contributed by atoms with Gasteiger partial charge in [-0.05, 0) is 48.9 Å². The maximum absolute atomic E-state index is 12.5. The van der Waals surface area contributed by atoms with Gasteiger partial charge in [-0.1, -0.05) is 43.6 Å². The fourth-order valence-electron chi connectivity index (χ4n) is 3.07. The molecule has 1 aromatic rings. The quantitative estimate of drug-likeness (QED) is 0.553. The highest BCUT2D eigenvalue weighted by Crippen LogP contribution is 2.34. The lowest BCUT2D eigenvalue weighted by Crippen LogP contribution is -2.36. The molecule has 126 valence electrons. The molecular formula is C19H26BrNO2. The maximum Gasteiger partial charge on any atom is 0.227 e. The van der Waals surface area contributed by atoms with E-state index in [2.05, 4.69) is 36.7 Å². The van der Waals surface area contributed by atoms with Crippen LogP contribution in [-0.2, 0) is 11.2 Å². The van der Waals surface area contributed by atoms with E-state index in [-0.39, 0.29) is 28.5 Å². The molecule has 1 amide bonds. The Bertz CT molecular complexity index is 609. The number of amides is 1. The fraction of sp³-hybridized carbons (Fsp3) is 0.579. The van der Waals surface area contributed by atoms with Crippen molar-refractivity contribution in [1.29, 1.82) is 0 Å². The van der Waals surface area contributed by atoms with E-state index in [0.717, 1.165) is 23.2 Å². The molecule has 1 aliphatic heterocycles. The molecule has 2 rings (SSSR count). The fourth-order valence-corrected chi connectivity index (χ4v) is 3.34. The van der Waals surface area contributed by atoms with Gasteiger partial charge in [0.2, 0.25) is 5.91 Å². The van der Waals surface area contributed by atoms with Crippen LogP contribution in [0.3, 0.4) is 0 Å².